The zero-order chi connectivity index (χ0) is 18.7. The summed E-state index contributed by atoms with van der Waals surface area (Å²) < 4.78 is 10.5. The molecule has 0 saturated heterocycles. The van der Waals surface area contributed by atoms with Gasteiger partial charge in [-0.25, -0.2) is 4.79 Å². The van der Waals surface area contributed by atoms with E-state index in [1.807, 2.05) is 6.07 Å². The van der Waals surface area contributed by atoms with Crippen LogP contribution in [0, 0.1) is 0 Å². The molecule has 1 heterocycles. The van der Waals surface area contributed by atoms with Gasteiger partial charge in [0.1, 0.15) is 13.6 Å². The van der Waals surface area contributed by atoms with Crippen molar-refractivity contribution in [1.29, 1.82) is 0 Å². The van der Waals surface area contributed by atoms with E-state index >= 15 is 0 Å². The van der Waals surface area contributed by atoms with E-state index < -0.39 is 12.6 Å². The summed E-state index contributed by atoms with van der Waals surface area (Å²) in [7, 11) is 5.79. The van der Waals surface area contributed by atoms with Crippen LogP contribution in [0.3, 0.4) is 0 Å². The summed E-state index contributed by atoms with van der Waals surface area (Å²) >= 11 is 11.9. The topological polar surface area (TPSA) is 85.5 Å². The van der Waals surface area contributed by atoms with Crippen molar-refractivity contribution < 1.29 is 19.2 Å². The Kier molecular flexibility index (Phi) is 5.49. The van der Waals surface area contributed by atoms with Gasteiger partial charge in [-0.2, -0.15) is 4.98 Å². The van der Waals surface area contributed by atoms with Crippen LogP contribution in [0.4, 0.5) is 0 Å². The molecule has 0 atom stereocenters. The van der Waals surface area contributed by atoms with Crippen LogP contribution in [-0.4, -0.2) is 35.7 Å². The van der Waals surface area contributed by atoms with Gasteiger partial charge in [-0.05, 0) is 23.8 Å². The number of carboxylic acid groups (broad SMARTS) is 1. The van der Waals surface area contributed by atoms with Gasteiger partial charge >= 0.3 is 5.97 Å². The van der Waals surface area contributed by atoms with Crippen LogP contribution in [0.25, 0.3) is 11.5 Å². The second-order valence-corrected chi connectivity index (χ2v) is 6.19. The van der Waals surface area contributed by atoms with Crippen LogP contribution in [0.5, 0.6) is 5.75 Å². The van der Waals surface area contributed by atoms with Crippen molar-refractivity contribution in [2.45, 2.75) is 6.42 Å². The number of ether oxygens (including phenoxy) is 1. The average molecular weight is 389 g/mol. The van der Waals surface area contributed by atoms with Gasteiger partial charge in [-0.3, -0.25) is 0 Å². The standard InChI is InChI=1S/C17H11BCl2N2O4/c18-10-2-4-14(25-8-16(23)24)11(7-10)17-21-15(22-26-17)6-9-1-3-12(19)13(20)5-9/h1-5,7H,6,8H2,(H,23,24). The van der Waals surface area contributed by atoms with Crippen LogP contribution in [0.1, 0.15) is 11.4 Å². The molecule has 26 heavy (non-hydrogen) atoms. The number of carbonyl (C=O) groups is 1. The number of nitrogens with zero attached hydrogens (tertiary/aromatic N) is 2. The number of aliphatic carboxylic acids is 1. The smallest absolute Gasteiger partial charge is 0.341 e. The third-order valence-corrected chi connectivity index (χ3v) is 4.14. The summed E-state index contributed by atoms with van der Waals surface area (Å²) in [5.41, 5.74) is 1.73. The molecule has 0 bridgehead atoms. The van der Waals surface area contributed by atoms with E-state index in [4.69, 9.17) is 45.4 Å². The molecule has 0 spiro atoms. The summed E-state index contributed by atoms with van der Waals surface area (Å²) in [5.74, 6) is -0.220. The Morgan fingerprint density at radius 1 is 1.19 bits per heavy atom. The molecule has 0 aliphatic rings. The van der Waals surface area contributed by atoms with E-state index in [9.17, 15) is 4.79 Å². The van der Waals surface area contributed by atoms with Gasteiger partial charge in [0.05, 0.1) is 15.6 Å². The number of benzene rings is 2. The first-order valence-corrected chi connectivity index (χ1v) is 8.19. The number of carboxylic acids is 1. The molecule has 2 radical (unpaired) electrons. The monoisotopic (exact) mass is 388 g/mol. The van der Waals surface area contributed by atoms with Gasteiger partial charge in [0, 0.05) is 6.42 Å². The maximum atomic E-state index is 10.7. The van der Waals surface area contributed by atoms with Crippen molar-refractivity contribution in [3.8, 4) is 17.2 Å². The Morgan fingerprint density at radius 2 is 2.00 bits per heavy atom. The molecule has 0 aliphatic carbocycles. The van der Waals surface area contributed by atoms with E-state index in [2.05, 4.69) is 10.1 Å². The van der Waals surface area contributed by atoms with Gasteiger partial charge in [0.15, 0.2) is 12.4 Å². The highest BCUT2D eigenvalue weighted by Gasteiger charge is 2.16. The first-order chi connectivity index (χ1) is 12.4. The first-order valence-electron chi connectivity index (χ1n) is 7.43. The number of hydrogen-bond donors (Lipinski definition) is 1. The predicted molar refractivity (Wildman–Crippen MR) is 97.5 cm³/mol. The third-order valence-electron chi connectivity index (χ3n) is 3.40. The van der Waals surface area contributed by atoms with Crippen LogP contribution in [-0.2, 0) is 11.2 Å². The molecular weight excluding hydrogens is 378 g/mol. The molecule has 2 aromatic carbocycles. The van der Waals surface area contributed by atoms with Gasteiger partial charge in [0.25, 0.3) is 5.89 Å². The van der Waals surface area contributed by atoms with E-state index in [1.165, 1.54) is 0 Å². The number of hydrogen-bond acceptors (Lipinski definition) is 5. The van der Waals surface area contributed by atoms with Crippen molar-refractivity contribution in [2.75, 3.05) is 6.61 Å². The Bertz CT molecular complexity index is 962. The van der Waals surface area contributed by atoms with E-state index in [1.54, 1.807) is 30.3 Å². The van der Waals surface area contributed by atoms with E-state index in [-0.39, 0.29) is 11.6 Å². The fourth-order valence-electron chi connectivity index (χ4n) is 2.25. The minimum atomic E-state index is -1.10. The minimum absolute atomic E-state index is 0.174. The second kappa shape index (κ2) is 7.80. The summed E-state index contributed by atoms with van der Waals surface area (Å²) in [6.45, 7) is -0.499. The van der Waals surface area contributed by atoms with Crippen molar-refractivity contribution in [1.82, 2.24) is 10.1 Å². The van der Waals surface area contributed by atoms with Crippen LogP contribution in [0.15, 0.2) is 40.9 Å². The predicted octanol–water partition coefficient (Wildman–Crippen LogP) is 2.89. The van der Waals surface area contributed by atoms with E-state index in [0.29, 0.717) is 33.3 Å². The first kappa shape index (κ1) is 18.3. The average Bonchev–Trinajstić information content (AvgIpc) is 3.05. The molecule has 1 N–H and O–H groups in total. The summed E-state index contributed by atoms with van der Waals surface area (Å²) in [4.78, 5) is 15.0. The summed E-state index contributed by atoms with van der Waals surface area (Å²) in [5, 5.41) is 13.6. The Labute approximate surface area is 160 Å². The fourth-order valence-corrected chi connectivity index (χ4v) is 2.57. The molecule has 3 aromatic rings. The highest BCUT2D eigenvalue weighted by molar-refractivity contribution is 6.42. The summed E-state index contributed by atoms with van der Waals surface area (Å²) in [6, 6.07) is 9.95. The maximum absolute atomic E-state index is 10.7. The molecule has 130 valence electrons. The lowest BCUT2D eigenvalue weighted by Crippen LogP contribution is -2.11. The molecule has 1 aromatic heterocycles. The lowest BCUT2D eigenvalue weighted by Gasteiger charge is -2.08. The Morgan fingerprint density at radius 3 is 2.73 bits per heavy atom. The molecule has 6 nitrogen and oxygen atoms in total. The number of aromatic nitrogens is 2. The third kappa shape index (κ3) is 4.36. The molecule has 0 saturated carbocycles. The largest absolute Gasteiger partial charge is 0.481 e. The Hall–Kier alpha value is -2.51. The van der Waals surface area contributed by atoms with Crippen molar-refractivity contribution in [2.24, 2.45) is 0 Å². The number of rotatable bonds is 6. The Balaban J connectivity index is 1.86. The molecule has 0 unspecified atom stereocenters. The van der Waals surface area contributed by atoms with E-state index in [0.717, 1.165) is 5.56 Å². The molecule has 3 rings (SSSR count). The molecule has 0 aliphatic heterocycles. The van der Waals surface area contributed by atoms with Crippen molar-refractivity contribution >= 4 is 42.5 Å². The lowest BCUT2D eigenvalue weighted by molar-refractivity contribution is -0.139. The van der Waals surface area contributed by atoms with Gasteiger partial charge in [-0.15, -0.1) is 0 Å². The second-order valence-electron chi connectivity index (χ2n) is 5.38. The molecule has 0 amide bonds. The minimum Gasteiger partial charge on any atom is -0.481 e. The summed E-state index contributed by atoms with van der Waals surface area (Å²) in [6.07, 6.45) is 0.383. The zero-order valence-corrected chi connectivity index (χ0v) is 14.8. The van der Waals surface area contributed by atoms with Crippen molar-refractivity contribution in [3.63, 3.8) is 0 Å². The van der Waals surface area contributed by atoms with Crippen LogP contribution < -0.4 is 10.2 Å². The normalized spacial score (nSPS) is 10.7. The van der Waals surface area contributed by atoms with Gasteiger partial charge in [-0.1, -0.05) is 52.0 Å². The lowest BCUT2D eigenvalue weighted by atomic mass is 9.94. The molecular formula is C17H11BCl2N2O4. The highest BCUT2D eigenvalue weighted by Crippen LogP contribution is 2.28. The zero-order valence-electron chi connectivity index (χ0n) is 13.3. The molecule has 9 heteroatoms. The van der Waals surface area contributed by atoms with Crippen LogP contribution >= 0.6 is 23.2 Å². The van der Waals surface area contributed by atoms with Gasteiger partial charge in [0.2, 0.25) is 0 Å². The SMILES string of the molecule is [B]c1ccc(OCC(=O)O)c(-c2nc(Cc3ccc(Cl)c(Cl)c3)no2)c1. The highest BCUT2D eigenvalue weighted by atomic mass is 35.5. The van der Waals surface area contributed by atoms with Crippen LogP contribution in [0.2, 0.25) is 10.0 Å². The quantitative estimate of drug-likeness (QED) is 0.653. The molecule has 0 fully saturated rings. The maximum Gasteiger partial charge on any atom is 0.341 e. The van der Waals surface area contributed by atoms with Crippen molar-refractivity contribution in [3.05, 3.63) is 57.8 Å². The fraction of sp³-hybridized carbons (Fsp3) is 0.118. The number of halogens is 2. The van der Waals surface area contributed by atoms with Gasteiger partial charge < -0.3 is 14.4 Å².